The van der Waals surface area contributed by atoms with E-state index in [1.165, 1.54) is 26.5 Å². The second-order valence-corrected chi connectivity index (χ2v) is 7.45. The fourth-order valence-electron chi connectivity index (χ4n) is 2.76. The Bertz CT molecular complexity index is 993. The summed E-state index contributed by atoms with van der Waals surface area (Å²) in [5.74, 6) is 0.799. The number of thioether (sulfide) groups is 1. The van der Waals surface area contributed by atoms with Gasteiger partial charge in [-0.15, -0.1) is 5.10 Å². The molecule has 1 atom stereocenters. The van der Waals surface area contributed by atoms with E-state index in [1.54, 1.807) is 24.3 Å². The Morgan fingerprint density at radius 3 is 2.60 bits per heavy atom. The lowest BCUT2D eigenvalue weighted by Gasteiger charge is -2.10. The van der Waals surface area contributed by atoms with E-state index in [-0.39, 0.29) is 17.5 Å². The molecule has 1 saturated heterocycles. The van der Waals surface area contributed by atoms with Gasteiger partial charge in [0.15, 0.2) is 16.7 Å². The van der Waals surface area contributed by atoms with E-state index in [1.807, 2.05) is 0 Å². The van der Waals surface area contributed by atoms with Crippen LogP contribution >= 0.6 is 11.8 Å². The highest BCUT2D eigenvalue weighted by atomic mass is 32.2. The number of amidine groups is 1. The normalized spacial score (nSPS) is 18.1. The summed E-state index contributed by atoms with van der Waals surface area (Å²) in [7, 11) is 3.06. The Labute approximate surface area is 175 Å². The summed E-state index contributed by atoms with van der Waals surface area (Å²) in [4.78, 5) is 12.1. The first kappa shape index (κ1) is 21.7. The second-order valence-electron chi connectivity index (χ2n) is 6.26. The lowest BCUT2D eigenvalue weighted by molar-refractivity contribution is -0.137. The molecular formula is C20H18F3N3O3S. The quantitative estimate of drug-likeness (QED) is 0.550. The molecule has 2 aromatic rings. The van der Waals surface area contributed by atoms with Crippen LogP contribution in [-0.4, -0.2) is 36.8 Å². The van der Waals surface area contributed by atoms with Crippen LogP contribution in [0.5, 0.6) is 11.5 Å². The topological polar surface area (TPSA) is 72.3 Å². The van der Waals surface area contributed by atoms with Gasteiger partial charge < -0.3 is 14.8 Å². The van der Waals surface area contributed by atoms with Gasteiger partial charge >= 0.3 is 6.18 Å². The minimum Gasteiger partial charge on any atom is -0.493 e. The molecule has 1 amide bonds. The first-order valence-electron chi connectivity index (χ1n) is 8.77. The zero-order chi connectivity index (χ0) is 21.7. The van der Waals surface area contributed by atoms with Crippen LogP contribution in [0.1, 0.15) is 16.7 Å². The van der Waals surface area contributed by atoms with Crippen LogP contribution in [0, 0.1) is 0 Å². The smallest absolute Gasteiger partial charge is 0.416 e. The van der Waals surface area contributed by atoms with Crippen LogP contribution in [0.2, 0.25) is 0 Å². The molecule has 1 aliphatic rings. The number of halogens is 3. The Morgan fingerprint density at radius 2 is 1.90 bits per heavy atom. The van der Waals surface area contributed by atoms with Gasteiger partial charge in [-0.3, -0.25) is 4.79 Å². The Hall–Kier alpha value is -3.01. The molecule has 158 valence electrons. The molecule has 1 N–H and O–H groups in total. The van der Waals surface area contributed by atoms with Gasteiger partial charge in [-0.1, -0.05) is 30.0 Å². The van der Waals surface area contributed by atoms with Crippen molar-refractivity contribution in [3.63, 3.8) is 0 Å². The third-order valence-electron chi connectivity index (χ3n) is 4.21. The summed E-state index contributed by atoms with van der Waals surface area (Å²) in [5, 5.41) is 10.2. The predicted octanol–water partition coefficient (Wildman–Crippen LogP) is 3.89. The number of nitrogens with one attached hydrogen (secondary N) is 1. The fourth-order valence-corrected chi connectivity index (χ4v) is 3.72. The van der Waals surface area contributed by atoms with Gasteiger partial charge in [0.05, 0.1) is 31.2 Å². The maximum absolute atomic E-state index is 12.9. The molecule has 10 heteroatoms. The summed E-state index contributed by atoms with van der Waals surface area (Å²) in [6.45, 7) is 0. The van der Waals surface area contributed by atoms with Crippen LogP contribution in [-0.2, 0) is 17.4 Å². The molecule has 6 nitrogen and oxygen atoms in total. The van der Waals surface area contributed by atoms with Crippen molar-refractivity contribution < 1.29 is 27.4 Å². The average Bonchev–Trinajstić information content (AvgIpc) is 3.06. The molecule has 3 rings (SSSR count). The van der Waals surface area contributed by atoms with Crippen molar-refractivity contribution in [1.29, 1.82) is 0 Å². The number of amides is 1. The van der Waals surface area contributed by atoms with E-state index in [0.717, 1.165) is 23.9 Å². The molecule has 1 fully saturated rings. The van der Waals surface area contributed by atoms with Crippen LogP contribution in [0.4, 0.5) is 13.2 Å². The van der Waals surface area contributed by atoms with E-state index in [4.69, 9.17) is 9.47 Å². The first-order valence-corrected chi connectivity index (χ1v) is 9.65. The standard InChI is InChI=1S/C20H18F3N3O3S/c1-28-15-7-6-13(9-16(15)29-2)11-24-26-19-25-18(27)17(30-19)10-12-4-3-5-14(8-12)20(21,22)23/h3-9,11,17H,10H2,1-2H3,(H,25,26,27)/b24-11-/t17-/m1/s1. The summed E-state index contributed by atoms with van der Waals surface area (Å²) < 4.78 is 48.9. The predicted molar refractivity (Wildman–Crippen MR) is 109 cm³/mol. The van der Waals surface area contributed by atoms with E-state index < -0.39 is 17.0 Å². The van der Waals surface area contributed by atoms with Crippen LogP contribution in [0.25, 0.3) is 0 Å². The Morgan fingerprint density at radius 1 is 1.13 bits per heavy atom. The van der Waals surface area contributed by atoms with Gasteiger partial charge in [-0.2, -0.15) is 18.3 Å². The van der Waals surface area contributed by atoms with Gasteiger partial charge in [0.1, 0.15) is 0 Å². The number of rotatable bonds is 6. The molecule has 0 spiro atoms. The van der Waals surface area contributed by atoms with Crippen molar-refractivity contribution in [1.82, 2.24) is 5.32 Å². The first-order chi connectivity index (χ1) is 14.3. The van der Waals surface area contributed by atoms with Gasteiger partial charge in [0, 0.05) is 0 Å². The SMILES string of the molecule is COc1ccc(/C=N\N=C2\NC(=O)[C@@H](Cc3cccc(C(F)(F)F)c3)S2)cc1OC. The zero-order valence-electron chi connectivity index (χ0n) is 16.1. The molecule has 1 heterocycles. The number of carbonyl (C=O) groups is 1. The molecule has 0 bridgehead atoms. The van der Waals surface area contributed by atoms with Gasteiger partial charge in [-0.25, -0.2) is 0 Å². The molecule has 0 saturated carbocycles. The van der Waals surface area contributed by atoms with Crippen LogP contribution in [0.3, 0.4) is 0 Å². The molecule has 0 unspecified atom stereocenters. The van der Waals surface area contributed by atoms with Crippen LogP contribution in [0.15, 0.2) is 52.7 Å². The molecule has 0 aromatic heterocycles. The van der Waals surface area contributed by atoms with E-state index in [0.29, 0.717) is 22.6 Å². The third kappa shape index (κ3) is 5.32. The number of hydrogen-bond acceptors (Lipinski definition) is 6. The molecule has 0 aliphatic carbocycles. The highest BCUT2D eigenvalue weighted by molar-refractivity contribution is 8.15. The lowest BCUT2D eigenvalue weighted by atomic mass is 10.1. The van der Waals surface area contributed by atoms with Crippen molar-refractivity contribution in [3.8, 4) is 11.5 Å². The minimum atomic E-state index is -4.42. The third-order valence-corrected chi connectivity index (χ3v) is 5.29. The van der Waals surface area contributed by atoms with Crippen molar-refractivity contribution in [2.24, 2.45) is 10.2 Å². The maximum atomic E-state index is 12.9. The molecule has 2 aromatic carbocycles. The van der Waals surface area contributed by atoms with Crippen molar-refractivity contribution in [2.75, 3.05) is 14.2 Å². The van der Waals surface area contributed by atoms with E-state index in [9.17, 15) is 18.0 Å². The minimum absolute atomic E-state index is 0.152. The Kier molecular flexibility index (Phi) is 6.66. The number of carbonyl (C=O) groups excluding carboxylic acids is 1. The summed E-state index contributed by atoms with van der Waals surface area (Å²) in [5.41, 5.74) is 0.399. The number of hydrogen-bond donors (Lipinski definition) is 1. The zero-order valence-corrected chi connectivity index (χ0v) is 16.9. The number of methoxy groups -OCH3 is 2. The second kappa shape index (κ2) is 9.21. The lowest BCUT2D eigenvalue weighted by Crippen LogP contribution is -2.26. The fraction of sp³-hybridized carbons (Fsp3) is 0.250. The summed E-state index contributed by atoms with van der Waals surface area (Å²) >= 11 is 1.13. The number of alkyl halides is 3. The molecule has 1 aliphatic heterocycles. The number of nitrogens with zero attached hydrogens (tertiary/aromatic N) is 2. The van der Waals surface area contributed by atoms with Crippen molar-refractivity contribution in [2.45, 2.75) is 17.8 Å². The van der Waals surface area contributed by atoms with Gasteiger partial charge in [-0.05, 0) is 41.8 Å². The highest BCUT2D eigenvalue weighted by Gasteiger charge is 2.33. The number of ether oxygens (including phenoxy) is 2. The highest BCUT2D eigenvalue weighted by Crippen LogP contribution is 2.31. The molecular weight excluding hydrogens is 419 g/mol. The Balaban J connectivity index is 1.66. The van der Waals surface area contributed by atoms with E-state index in [2.05, 4.69) is 15.5 Å². The van der Waals surface area contributed by atoms with Gasteiger partial charge in [0.25, 0.3) is 0 Å². The summed E-state index contributed by atoms with van der Waals surface area (Å²) in [6, 6.07) is 10.2. The molecule has 30 heavy (non-hydrogen) atoms. The van der Waals surface area contributed by atoms with Gasteiger partial charge in [0.2, 0.25) is 5.91 Å². The van der Waals surface area contributed by atoms with Crippen molar-refractivity contribution >= 4 is 29.1 Å². The van der Waals surface area contributed by atoms with Crippen LogP contribution < -0.4 is 14.8 Å². The van der Waals surface area contributed by atoms with E-state index >= 15 is 0 Å². The number of benzene rings is 2. The largest absolute Gasteiger partial charge is 0.493 e. The molecule has 0 radical (unpaired) electrons. The average molecular weight is 437 g/mol. The maximum Gasteiger partial charge on any atom is 0.416 e. The van der Waals surface area contributed by atoms with Crippen molar-refractivity contribution in [3.05, 3.63) is 59.2 Å². The summed E-state index contributed by atoms with van der Waals surface area (Å²) in [6.07, 6.45) is -2.78. The monoisotopic (exact) mass is 437 g/mol.